The van der Waals surface area contributed by atoms with E-state index in [4.69, 9.17) is 9.84 Å². The number of benzene rings is 2. The zero-order valence-corrected chi connectivity index (χ0v) is 17.2. The van der Waals surface area contributed by atoms with E-state index < -0.39 is 4.92 Å². The molecule has 7 nitrogen and oxygen atoms in total. The number of fused-ring (bicyclic) bond motifs is 3. The molecule has 2 aliphatic rings. The largest absolute Gasteiger partial charge is 0.497 e. The lowest BCUT2D eigenvalue weighted by Crippen LogP contribution is -2.28. The van der Waals surface area contributed by atoms with Crippen LogP contribution in [0.15, 0.2) is 59.3 Å². The predicted octanol–water partition coefficient (Wildman–Crippen LogP) is 4.42. The fraction of sp³-hybridized carbons (Fsp3) is 0.304. The standard InChI is InChI=1S/C23H23N3O4/c1-14(12-15(2)27)25-23(16-4-7-18(8-5-16)26(28)29)21-10-6-17-13-19(30-3)9-11-20(17)22(21)24-25/h4-5,7-9,11-13,21,23H,6,10H2,1-3H3. The summed E-state index contributed by atoms with van der Waals surface area (Å²) in [5.41, 5.74) is 5.03. The smallest absolute Gasteiger partial charge is 0.269 e. The van der Waals surface area contributed by atoms with Crippen molar-refractivity contribution in [1.29, 1.82) is 0 Å². The summed E-state index contributed by atoms with van der Waals surface area (Å²) in [6, 6.07) is 12.5. The number of hydrazone groups is 1. The Labute approximate surface area is 174 Å². The summed E-state index contributed by atoms with van der Waals surface area (Å²) in [6.07, 6.45) is 3.36. The fourth-order valence-corrected chi connectivity index (χ4v) is 4.41. The summed E-state index contributed by atoms with van der Waals surface area (Å²) < 4.78 is 5.36. The van der Waals surface area contributed by atoms with Gasteiger partial charge >= 0.3 is 0 Å². The maximum Gasteiger partial charge on any atom is 0.269 e. The molecule has 0 saturated heterocycles. The second kappa shape index (κ2) is 7.74. The molecule has 0 spiro atoms. The van der Waals surface area contributed by atoms with Gasteiger partial charge in [0, 0.05) is 35.4 Å². The van der Waals surface area contributed by atoms with E-state index in [1.807, 2.05) is 24.1 Å². The van der Waals surface area contributed by atoms with Crippen molar-refractivity contribution >= 4 is 17.2 Å². The monoisotopic (exact) mass is 405 g/mol. The van der Waals surface area contributed by atoms with Gasteiger partial charge in [-0.25, -0.2) is 0 Å². The number of carbonyl (C=O) groups excluding carboxylic acids is 1. The van der Waals surface area contributed by atoms with Crippen LogP contribution in [0.5, 0.6) is 5.75 Å². The van der Waals surface area contributed by atoms with Gasteiger partial charge in [-0.1, -0.05) is 12.1 Å². The number of aryl methyl sites for hydroxylation is 1. The van der Waals surface area contributed by atoms with Gasteiger partial charge in [0.2, 0.25) is 0 Å². The van der Waals surface area contributed by atoms with E-state index in [1.165, 1.54) is 24.6 Å². The van der Waals surface area contributed by atoms with Gasteiger partial charge in [-0.3, -0.25) is 19.9 Å². The van der Waals surface area contributed by atoms with E-state index in [2.05, 4.69) is 6.07 Å². The van der Waals surface area contributed by atoms with Crippen LogP contribution in [-0.4, -0.2) is 28.5 Å². The third kappa shape index (κ3) is 3.47. The molecule has 0 aromatic heterocycles. The second-order valence-corrected chi connectivity index (χ2v) is 7.69. The van der Waals surface area contributed by atoms with E-state index in [9.17, 15) is 14.9 Å². The molecule has 2 atom stereocenters. The maximum atomic E-state index is 11.7. The summed E-state index contributed by atoms with van der Waals surface area (Å²) in [6.45, 7) is 3.39. The molecule has 1 aliphatic carbocycles. The summed E-state index contributed by atoms with van der Waals surface area (Å²) in [4.78, 5) is 22.4. The van der Waals surface area contributed by atoms with Crippen LogP contribution >= 0.6 is 0 Å². The van der Waals surface area contributed by atoms with Crippen LogP contribution in [0.25, 0.3) is 0 Å². The number of carbonyl (C=O) groups is 1. The van der Waals surface area contributed by atoms with Crippen molar-refractivity contribution in [2.75, 3.05) is 7.11 Å². The van der Waals surface area contributed by atoms with Crippen LogP contribution in [0, 0.1) is 16.0 Å². The van der Waals surface area contributed by atoms with Crippen molar-refractivity contribution in [2.45, 2.75) is 32.7 Å². The number of rotatable bonds is 5. The van der Waals surface area contributed by atoms with Crippen LogP contribution in [0.2, 0.25) is 0 Å². The van der Waals surface area contributed by atoms with E-state index in [1.54, 1.807) is 25.3 Å². The molecule has 0 radical (unpaired) electrons. The van der Waals surface area contributed by atoms with Gasteiger partial charge < -0.3 is 4.74 Å². The topological polar surface area (TPSA) is 85.0 Å². The molecule has 0 amide bonds. The summed E-state index contributed by atoms with van der Waals surface area (Å²) in [7, 11) is 1.66. The van der Waals surface area contributed by atoms with Crippen molar-refractivity contribution in [3.05, 3.63) is 81.0 Å². The third-order valence-electron chi connectivity index (χ3n) is 5.74. The molecule has 1 aliphatic heterocycles. The first kappa shape index (κ1) is 19.8. The Morgan fingerprint density at radius 3 is 2.60 bits per heavy atom. The molecule has 0 bridgehead atoms. The molecule has 2 aromatic rings. The average Bonchev–Trinajstić information content (AvgIpc) is 3.13. The van der Waals surface area contributed by atoms with Gasteiger partial charge in [-0.05, 0) is 56.0 Å². The summed E-state index contributed by atoms with van der Waals surface area (Å²) in [5.74, 6) is 0.903. The number of hydrogen-bond donors (Lipinski definition) is 0. The van der Waals surface area contributed by atoms with Crippen molar-refractivity contribution < 1.29 is 14.5 Å². The van der Waals surface area contributed by atoms with Gasteiger partial charge in [0.05, 0.1) is 23.8 Å². The fourth-order valence-electron chi connectivity index (χ4n) is 4.41. The Morgan fingerprint density at radius 2 is 1.97 bits per heavy atom. The number of non-ortho nitro benzene ring substituents is 1. The number of allylic oxidation sites excluding steroid dienone is 2. The highest BCUT2D eigenvalue weighted by Gasteiger charge is 2.42. The predicted molar refractivity (Wildman–Crippen MR) is 113 cm³/mol. The molecule has 154 valence electrons. The Hall–Kier alpha value is -3.48. The van der Waals surface area contributed by atoms with Crippen molar-refractivity contribution in [3.8, 4) is 5.75 Å². The van der Waals surface area contributed by atoms with Gasteiger partial charge in [-0.2, -0.15) is 5.10 Å². The molecular formula is C23H23N3O4. The molecule has 2 unspecified atom stereocenters. The van der Waals surface area contributed by atoms with E-state index in [0.29, 0.717) is 0 Å². The number of nitro groups is 1. The van der Waals surface area contributed by atoms with E-state index in [-0.39, 0.29) is 23.4 Å². The molecule has 2 aromatic carbocycles. The third-order valence-corrected chi connectivity index (χ3v) is 5.74. The maximum absolute atomic E-state index is 11.7. The first-order chi connectivity index (χ1) is 14.4. The minimum Gasteiger partial charge on any atom is -0.497 e. The van der Waals surface area contributed by atoms with Crippen LogP contribution in [0.1, 0.15) is 43.0 Å². The minimum absolute atomic E-state index is 0.0462. The normalized spacial score (nSPS) is 20.3. The molecule has 1 heterocycles. The lowest BCUT2D eigenvalue weighted by molar-refractivity contribution is -0.384. The molecule has 7 heteroatoms. The van der Waals surface area contributed by atoms with Gasteiger partial charge in [0.25, 0.3) is 5.69 Å². The lowest BCUT2D eigenvalue weighted by Gasteiger charge is -2.31. The average molecular weight is 405 g/mol. The first-order valence-electron chi connectivity index (χ1n) is 9.87. The minimum atomic E-state index is -0.400. The zero-order chi connectivity index (χ0) is 21.4. The molecular weight excluding hydrogens is 382 g/mol. The molecule has 0 N–H and O–H groups in total. The number of ketones is 1. The number of nitro benzene ring substituents is 1. The first-order valence-corrected chi connectivity index (χ1v) is 9.87. The van der Waals surface area contributed by atoms with Crippen LogP contribution in [0.4, 0.5) is 5.69 Å². The SMILES string of the molecule is COc1ccc2c(c1)CCC1C2=NN(C(C)=CC(C)=O)C1c1ccc([N+](=O)[O-])cc1. The number of methoxy groups -OCH3 is 1. The van der Waals surface area contributed by atoms with Crippen molar-refractivity contribution in [3.63, 3.8) is 0 Å². The molecule has 0 fully saturated rings. The van der Waals surface area contributed by atoms with Crippen LogP contribution in [0.3, 0.4) is 0 Å². The Kier molecular flexibility index (Phi) is 5.11. The quantitative estimate of drug-likeness (QED) is 0.418. The zero-order valence-electron chi connectivity index (χ0n) is 17.2. The van der Waals surface area contributed by atoms with Crippen molar-refractivity contribution in [1.82, 2.24) is 5.01 Å². The number of ether oxygens (including phenoxy) is 1. The number of hydrogen-bond acceptors (Lipinski definition) is 6. The van der Waals surface area contributed by atoms with Gasteiger partial charge in [0.1, 0.15) is 5.75 Å². The van der Waals surface area contributed by atoms with Gasteiger partial charge in [-0.15, -0.1) is 0 Å². The summed E-state index contributed by atoms with van der Waals surface area (Å²) >= 11 is 0. The Bertz CT molecular complexity index is 1070. The molecule has 30 heavy (non-hydrogen) atoms. The van der Waals surface area contributed by atoms with Gasteiger partial charge in [0.15, 0.2) is 5.78 Å². The van der Waals surface area contributed by atoms with Crippen molar-refractivity contribution in [2.24, 2.45) is 11.0 Å². The van der Waals surface area contributed by atoms with Crippen LogP contribution in [-0.2, 0) is 11.2 Å². The molecule has 4 rings (SSSR count). The molecule has 0 saturated carbocycles. The summed E-state index contributed by atoms with van der Waals surface area (Å²) in [5, 5.41) is 17.9. The Balaban J connectivity index is 1.79. The lowest BCUT2D eigenvalue weighted by atomic mass is 9.77. The number of nitrogens with zero attached hydrogens (tertiary/aromatic N) is 3. The van der Waals surface area contributed by atoms with Crippen LogP contribution < -0.4 is 4.74 Å². The highest BCUT2D eigenvalue weighted by Crippen LogP contribution is 2.45. The van der Waals surface area contributed by atoms with E-state index in [0.717, 1.165) is 41.1 Å². The highest BCUT2D eigenvalue weighted by molar-refractivity contribution is 6.06. The highest BCUT2D eigenvalue weighted by atomic mass is 16.6. The van der Waals surface area contributed by atoms with E-state index >= 15 is 0 Å². The Morgan fingerprint density at radius 1 is 1.23 bits per heavy atom. The second-order valence-electron chi connectivity index (χ2n) is 7.69.